The highest BCUT2D eigenvalue weighted by Gasteiger charge is 2.14. The fourth-order valence-corrected chi connectivity index (χ4v) is 2.51. The van der Waals surface area contributed by atoms with E-state index in [1.165, 1.54) is 5.56 Å². The lowest BCUT2D eigenvalue weighted by Crippen LogP contribution is -2.13. The maximum absolute atomic E-state index is 6.10. The van der Waals surface area contributed by atoms with E-state index in [0.717, 1.165) is 21.1 Å². The molecule has 0 saturated heterocycles. The number of furan rings is 1. The summed E-state index contributed by atoms with van der Waals surface area (Å²) >= 11 is 6.92. The molecule has 0 aliphatic rings. The van der Waals surface area contributed by atoms with Crippen LogP contribution >= 0.6 is 31.9 Å². The third-order valence-corrected chi connectivity index (χ3v) is 3.81. The van der Waals surface area contributed by atoms with Crippen LogP contribution in [-0.2, 0) is 6.42 Å². The molecule has 0 saturated carbocycles. The van der Waals surface area contributed by atoms with E-state index in [1.54, 1.807) is 6.26 Å². The predicted molar refractivity (Wildman–Crippen MR) is 71.2 cm³/mol. The summed E-state index contributed by atoms with van der Waals surface area (Å²) < 4.78 is 7.35. The summed E-state index contributed by atoms with van der Waals surface area (Å²) in [6, 6.07) is 9.78. The van der Waals surface area contributed by atoms with Crippen molar-refractivity contribution in [1.82, 2.24) is 0 Å². The van der Waals surface area contributed by atoms with Crippen molar-refractivity contribution in [3.63, 3.8) is 0 Å². The fourth-order valence-electron chi connectivity index (χ4n) is 1.56. The highest BCUT2D eigenvalue weighted by Crippen LogP contribution is 2.27. The Bertz CT molecular complexity index is 481. The Labute approximate surface area is 111 Å². The van der Waals surface area contributed by atoms with Crippen molar-refractivity contribution >= 4 is 31.9 Å². The second-order valence-corrected chi connectivity index (χ2v) is 5.24. The first-order valence-electron chi connectivity index (χ1n) is 4.90. The molecule has 0 aliphatic carbocycles. The smallest absolute Gasteiger partial charge is 0.134 e. The minimum atomic E-state index is -0.136. The van der Waals surface area contributed by atoms with Crippen LogP contribution in [0.1, 0.15) is 17.4 Å². The molecule has 1 aromatic heterocycles. The first-order valence-corrected chi connectivity index (χ1v) is 6.49. The maximum Gasteiger partial charge on any atom is 0.134 e. The van der Waals surface area contributed by atoms with Crippen LogP contribution in [0.4, 0.5) is 0 Å². The number of nitrogens with two attached hydrogens (primary N) is 1. The Morgan fingerprint density at radius 1 is 1.12 bits per heavy atom. The molecule has 1 heterocycles. The van der Waals surface area contributed by atoms with Crippen molar-refractivity contribution in [3.05, 3.63) is 56.9 Å². The number of benzene rings is 1. The molecule has 2 rings (SSSR count). The third kappa shape index (κ3) is 2.56. The molecule has 0 fully saturated rings. The zero-order valence-electron chi connectivity index (χ0n) is 8.49. The lowest BCUT2D eigenvalue weighted by Gasteiger charge is -2.10. The van der Waals surface area contributed by atoms with Gasteiger partial charge in [0.25, 0.3) is 0 Å². The molecule has 2 aromatic rings. The van der Waals surface area contributed by atoms with Crippen LogP contribution < -0.4 is 5.73 Å². The second-order valence-electron chi connectivity index (χ2n) is 3.53. The molecule has 0 aliphatic heterocycles. The standard InChI is InChI=1S/C12H11Br2NO/c13-9-4-2-1-3-8(9)7-11(15)12-10(14)5-6-16-12/h1-6,11H,7,15H2. The van der Waals surface area contributed by atoms with Gasteiger partial charge in [0.05, 0.1) is 16.8 Å². The topological polar surface area (TPSA) is 39.2 Å². The van der Waals surface area contributed by atoms with Crippen LogP contribution in [0.3, 0.4) is 0 Å². The number of rotatable bonds is 3. The van der Waals surface area contributed by atoms with Gasteiger partial charge in [-0.25, -0.2) is 0 Å². The Hall–Kier alpha value is -0.580. The van der Waals surface area contributed by atoms with Gasteiger partial charge in [-0.05, 0) is 40.0 Å². The highest BCUT2D eigenvalue weighted by atomic mass is 79.9. The highest BCUT2D eigenvalue weighted by molar-refractivity contribution is 9.10. The Morgan fingerprint density at radius 2 is 1.88 bits per heavy atom. The Balaban J connectivity index is 2.17. The minimum absolute atomic E-state index is 0.136. The van der Waals surface area contributed by atoms with E-state index in [-0.39, 0.29) is 6.04 Å². The molecule has 2 N–H and O–H groups in total. The first kappa shape index (κ1) is 11.9. The number of halogens is 2. The molecule has 1 unspecified atom stereocenters. The van der Waals surface area contributed by atoms with Gasteiger partial charge in [-0.1, -0.05) is 34.1 Å². The van der Waals surface area contributed by atoms with Crippen LogP contribution in [0.15, 0.2) is 50.0 Å². The quantitative estimate of drug-likeness (QED) is 0.912. The third-order valence-electron chi connectivity index (χ3n) is 2.38. The van der Waals surface area contributed by atoms with Gasteiger partial charge in [0.15, 0.2) is 0 Å². The molecular weight excluding hydrogens is 334 g/mol. The average molecular weight is 345 g/mol. The predicted octanol–water partition coefficient (Wildman–Crippen LogP) is 4.05. The minimum Gasteiger partial charge on any atom is -0.466 e. The summed E-state index contributed by atoms with van der Waals surface area (Å²) in [5.41, 5.74) is 7.28. The lowest BCUT2D eigenvalue weighted by molar-refractivity contribution is 0.462. The molecule has 0 spiro atoms. The molecule has 84 valence electrons. The molecule has 0 radical (unpaired) electrons. The molecule has 4 heteroatoms. The van der Waals surface area contributed by atoms with Crippen molar-refractivity contribution in [3.8, 4) is 0 Å². The van der Waals surface area contributed by atoms with E-state index in [0.29, 0.717) is 0 Å². The van der Waals surface area contributed by atoms with Crippen LogP contribution in [0, 0.1) is 0 Å². The number of hydrogen-bond acceptors (Lipinski definition) is 2. The molecule has 0 bridgehead atoms. The van der Waals surface area contributed by atoms with E-state index in [1.807, 2.05) is 24.3 Å². The SMILES string of the molecule is NC(Cc1ccccc1Br)c1occc1Br. The van der Waals surface area contributed by atoms with Crippen LogP contribution in [0.25, 0.3) is 0 Å². The van der Waals surface area contributed by atoms with Gasteiger partial charge in [0.1, 0.15) is 5.76 Å². The number of hydrogen-bond donors (Lipinski definition) is 1. The fraction of sp³-hybridized carbons (Fsp3) is 0.167. The molecule has 0 amide bonds. The van der Waals surface area contributed by atoms with E-state index in [4.69, 9.17) is 10.2 Å². The Kier molecular flexibility index (Phi) is 3.84. The van der Waals surface area contributed by atoms with Crippen LogP contribution in [0.2, 0.25) is 0 Å². The van der Waals surface area contributed by atoms with Gasteiger partial charge in [0.2, 0.25) is 0 Å². The normalized spacial score (nSPS) is 12.7. The van der Waals surface area contributed by atoms with E-state index >= 15 is 0 Å². The zero-order chi connectivity index (χ0) is 11.5. The lowest BCUT2D eigenvalue weighted by atomic mass is 10.1. The van der Waals surface area contributed by atoms with Gasteiger partial charge in [-0.15, -0.1) is 0 Å². The van der Waals surface area contributed by atoms with Crippen molar-refractivity contribution in [1.29, 1.82) is 0 Å². The maximum atomic E-state index is 6.10. The van der Waals surface area contributed by atoms with Gasteiger partial charge >= 0.3 is 0 Å². The van der Waals surface area contributed by atoms with Gasteiger partial charge in [0, 0.05) is 4.47 Å². The van der Waals surface area contributed by atoms with Crippen LogP contribution in [-0.4, -0.2) is 0 Å². The van der Waals surface area contributed by atoms with Gasteiger partial charge in [-0.2, -0.15) is 0 Å². The summed E-state index contributed by atoms with van der Waals surface area (Å²) in [5.74, 6) is 0.788. The van der Waals surface area contributed by atoms with Crippen molar-refractivity contribution in [2.24, 2.45) is 5.73 Å². The second kappa shape index (κ2) is 5.17. The van der Waals surface area contributed by atoms with Gasteiger partial charge < -0.3 is 10.2 Å². The Morgan fingerprint density at radius 3 is 2.50 bits per heavy atom. The van der Waals surface area contributed by atoms with E-state index < -0.39 is 0 Å². The molecule has 1 aromatic carbocycles. The van der Waals surface area contributed by atoms with Crippen LogP contribution in [0.5, 0.6) is 0 Å². The summed E-state index contributed by atoms with van der Waals surface area (Å²) in [5, 5.41) is 0. The molecule has 16 heavy (non-hydrogen) atoms. The summed E-state index contributed by atoms with van der Waals surface area (Å²) in [7, 11) is 0. The van der Waals surface area contributed by atoms with Gasteiger partial charge in [-0.3, -0.25) is 0 Å². The van der Waals surface area contributed by atoms with Crippen molar-refractivity contribution in [2.45, 2.75) is 12.5 Å². The molecule has 1 atom stereocenters. The monoisotopic (exact) mass is 343 g/mol. The van der Waals surface area contributed by atoms with Crippen molar-refractivity contribution < 1.29 is 4.42 Å². The summed E-state index contributed by atoms with van der Waals surface area (Å²) in [6.45, 7) is 0. The summed E-state index contributed by atoms with van der Waals surface area (Å²) in [6.07, 6.45) is 2.38. The zero-order valence-corrected chi connectivity index (χ0v) is 11.7. The first-order chi connectivity index (χ1) is 7.68. The summed E-state index contributed by atoms with van der Waals surface area (Å²) in [4.78, 5) is 0. The van der Waals surface area contributed by atoms with E-state index in [9.17, 15) is 0 Å². The molecular formula is C12H11Br2NO. The average Bonchev–Trinajstić information content (AvgIpc) is 2.68. The largest absolute Gasteiger partial charge is 0.466 e. The van der Waals surface area contributed by atoms with E-state index in [2.05, 4.69) is 37.9 Å². The van der Waals surface area contributed by atoms with Crippen molar-refractivity contribution in [2.75, 3.05) is 0 Å². The molecule has 2 nitrogen and oxygen atoms in total.